The van der Waals surface area contributed by atoms with Crippen molar-refractivity contribution < 1.29 is 13.5 Å². The summed E-state index contributed by atoms with van der Waals surface area (Å²) < 4.78 is 28.9. The molecule has 1 saturated heterocycles. The van der Waals surface area contributed by atoms with E-state index < -0.39 is 10.2 Å². The maximum absolute atomic E-state index is 12.4. The smallest absolute Gasteiger partial charge is 0.301 e. The lowest BCUT2D eigenvalue weighted by molar-refractivity contribution is 0.156. The number of rotatable bonds is 5. The van der Waals surface area contributed by atoms with Crippen LogP contribution in [-0.2, 0) is 10.2 Å². The van der Waals surface area contributed by atoms with E-state index in [1.165, 1.54) is 9.87 Å². The fourth-order valence-electron chi connectivity index (χ4n) is 2.62. The van der Waals surface area contributed by atoms with Crippen molar-refractivity contribution in [2.45, 2.75) is 45.1 Å². The van der Waals surface area contributed by atoms with Gasteiger partial charge in [-0.3, -0.25) is 4.72 Å². The first-order valence-electron chi connectivity index (χ1n) is 7.44. The summed E-state index contributed by atoms with van der Waals surface area (Å²) in [5, 5.41) is 9.35. The van der Waals surface area contributed by atoms with E-state index in [9.17, 15) is 13.5 Å². The predicted octanol–water partition coefficient (Wildman–Crippen LogP) is 2.31. The predicted molar refractivity (Wildman–Crippen MR) is 84.5 cm³/mol. The van der Waals surface area contributed by atoms with Gasteiger partial charge >= 0.3 is 10.2 Å². The normalized spacial score (nSPS) is 20.7. The molecule has 21 heavy (non-hydrogen) atoms. The van der Waals surface area contributed by atoms with Gasteiger partial charge in [0.1, 0.15) is 0 Å². The fraction of sp³-hybridized carbons (Fsp3) is 0.600. The first-order chi connectivity index (χ1) is 9.94. The van der Waals surface area contributed by atoms with Crippen LogP contribution in [-0.4, -0.2) is 37.0 Å². The van der Waals surface area contributed by atoms with Crippen molar-refractivity contribution in [3.63, 3.8) is 0 Å². The Hall–Kier alpha value is -1.11. The van der Waals surface area contributed by atoms with Crippen LogP contribution in [0, 0.1) is 0 Å². The Balaban J connectivity index is 2.12. The second kappa shape index (κ2) is 6.77. The summed E-state index contributed by atoms with van der Waals surface area (Å²) >= 11 is 0. The van der Waals surface area contributed by atoms with E-state index in [2.05, 4.69) is 18.6 Å². The molecule has 0 radical (unpaired) electrons. The molecule has 1 aliphatic rings. The summed E-state index contributed by atoms with van der Waals surface area (Å²) in [5.74, 6) is 0.413. The average molecular weight is 312 g/mol. The number of aliphatic hydroxyl groups excluding tert-OH is 1. The summed E-state index contributed by atoms with van der Waals surface area (Å²) in [6.45, 7) is 4.52. The van der Waals surface area contributed by atoms with E-state index in [0.29, 0.717) is 24.6 Å². The van der Waals surface area contributed by atoms with Crippen molar-refractivity contribution in [1.29, 1.82) is 0 Å². The van der Waals surface area contributed by atoms with Crippen LogP contribution in [0.15, 0.2) is 24.3 Å². The molecule has 1 aromatic rings. The van der Waals surface area contributed by atoms with Gasteiger partial charge in [-0.15, -0.1) is 0 Å². The van der Waals surface area contributed by atoms with Crippen molar-refractivity contribution in [3.8, 4) is 0 Å². The highest BCUT2D eigenvalue weighted by molar-refractivity contribution is 7.90. The Morgan fingerprint density at radius 2 is 1.95 bits per heavy atom. The number of hydrogen-bond donors (Lipinski definition) is 2. The molecule has 0 spiro atoms. The van der Waals surface area contributed by atoms with Gasteiger partial charge < -0.3 is 5.11 Å². The van der Waals surface area contributed by atoms with E-state index in [0.717, 1.165) is 12.8 Å². The van der Waals surface area contributed by atoms with Crippen molar-refractivity contribution >= 4 is 15.9 Å². The molecule has 6 heteroatoms. The van der Waals surface area contributed by atoms with E-state index in [-0.39, 0.29) is 12.6 Å². The van der Waals surface area contributed by atoms with Gasteiger partial charge in [0.05, 0.1) is 6.61 Å². The first-order valence-corrected chi connectivity index (χ1v) is 8.88. The lowest BCUT2D eigenvalue weighted by atomic mass is 10.0. The average Bonchev–Trinajstić information content (AvgIpc) is 2.47. The molecule has 0 bridgehead atoms. The van der Waals surface area contributed by atoms with Crippen LogP contribution in [0.25, 0.3) is 0 Å². The van der Waals surface area contributed by atoms with Gasteiger partial charge in [-0.05, 0) is 36.5 Å². The zero-order valence-corrected chi connectivity index (χ0v) is 13.4. The molecular weight excluding hydrogens is 288 g/mol. The summed E-state index contributed by atoms with van der Waals surface area (Å²) in [7, 11) is -3.61. The number of benzene rings is 1. The minimum atomic E-state index is -3.61. The molecule has 0 saturated carbocycles. The Bertz CT molecular complexity index is 555. The Morgan fingerprint density at radius 3 is 2.52 bits per heavy atom. The molecule has 2 N–H and O–H groups in total. The zero-order valence-electron chi connectivity index (χ0n) is 12.6. The molecule has 1 unspecified atom stereocenters. The minimum absolute atomic E-state index is 0.132. The Labute approximate surface area is 127 Å². The van der Waals surface area contributed by atoms with Gasteiger partial charge in [-0.1, -0.05) is 32.4 Å². The van der Waals surface area contributed by atoms with Crippen molar-refractivity contribution in [1.82, 2.24) is 4.31 Å². The summed E-state index contributed by atoms with van der Waals surface area (Å²) in [6, 6.07) is 7.12. The summed E-state index contributed by atoms with van der Waals surface area (Å²) in [6.07, 6.45) is 2.51. The van der Waals surface area contributed by atoms with E-state index in [1.807, 2.05) is 12.1 Å². The highest BCUT2D eigenvalue weighted by Gasteiger charge is 2.31. The van der Waals surface area contributed by atoms with Gasteiger partial charge in [0, 0.05) is 18.3 Å². The molecule has 1 aliphatic heterocycles. The van der Waals surface area contributed by atoms with Crippen LogP contribution in [0.3, 0.4) is 0 Å². The first kappa shape index (κ1) is 16.3. The van der Waals surface area contributed by atoms with Crippen molar-refractivity contribution in [2.24, 2.45) is 0 Å². The molecular formula is C15H24N2O3S. The third-order valence-electron chi connectivity index (χ3n) is 3.92. The highest BCUT2D eigenvalue weighted by Crippen LogP contribution is 2.23. The summed E-state index contributed by atoms with van der Waals surface area (Å²) in [4.78, 5) is 0. The minimum Gasteiger partial charge on any atom is -0.395 e. The lowest BCUT2D eigenvalue weighted by Crippen LogP contribution is -2.47. The van der Waals surface area contributed by atoms with Crippen LogP contribution in [0.2, 0.25) is 0 Å². The molecule has 1 atom stereocenters. The third-order valence-corrected chi connectivity index (χ3v) is 5.51. The lowest BCUT2D eigenvalue weighted by Gasteiger charge is -2.33. The number of piperidine rings is 1. The maximum atomic E-state index is 12.4. The van der Waals surface area contributed by atoms with Crippen LogP contribution in [0.4, 0.5) is 5.69 Å². The van der Waals surface area contributed by atoms with Gasteiger partial charge in [0.15, 0.2) is 0 Å². The standard InChI is InChI=1S/C15H24N2O3S/c1-12(2)13-6-8-14(9-7-13)16-21(19,20)17-10-4-3-5-15(17)11-18/h6-9,12,15-16,18H,3-5,10-11H2,1-2H3. The SMILES string of the molecule is CC(C)c1ccc(NS(=O)(=O)N2CCCCC2CO)cc1. The van der Waals surface area contributed by atoms with Crippen LogP contribution < -0.4 is 4.72 Å². The molecule has 0 amide bonds. The van der Waals surface area contributed by atoms with Crippen LogP contribution in [0.5, 0.6) is 0 Å². The second-order valence-electron chi connectivity index (χ2n) is 5.83. The summed E-state index contributed by atoms with van der Waals surface area (Å²) in [5.41, 5.74) is 1.73. The molecule has 1 aromatic carbocycles. The van der Waals surface area contributed by atoms with Gasteiger partial charge in [-0.2, -0.15) is 12.7 Å². The number of anilines is 1. The van der Waals surface area contributed by atoms with Gasteiger partial charge in [0.25, 0.3) is 0 Å². The monoisotopic (exact) mass is 312 g/mol. The molecule has 1 heterocycles. The molecule has 0 aromatic heterocycles. The van der Waals surface area contributed by atoms with E-state index in [4.69, 9.17) is 0 Å². The quantitative estimate of drug-likeness (QED) is 0.876. The number of nitrogens with zero attached hydrogens (tertiary/aromatic N) is 1. The second-order valence-corrected chi connectivity index (χ2v) is 7.45. The number of hydrogen-bond acceptors (Lipinski definition) is 3. The van der Waals surface area contributed by atoms with E-state index in [1.54, 1.807) is 12.1 Å². The Kier molecular flexibility index (Phi) is 5.24. The molecule has 2 rings (SSSR count). The van der Waals surface area contributed by atoms with Gasteiger partial charge in [0.2, 0.25) is 0 Å². The third kappa shape index (κ3) is 3.96. The molecule has 1 fully saturated rings. The number of aliphatic hydroxyl groups is 1. The highest BCUT2D eigenvalue weighted by atomic mass is 32.2. The molecule has 0 aliphatic carbocycles. The maximum Gasteiger partial charge on any atom is 0.301 e. The molecule has 5 nitrogen and oxygen atoms in total. The fourth-order valence-corrected chi connectivity index (χ4v) is 4.10. The topological polar surface area (TPSA) is 69.6 Å². The Morgan fingerprint density at radius 1 is 1.29 bits per heavy atom. The number of nitrogens with one attached hydrogen (secondary N) is 1. The van der Waals surface area contributed by atoms with E-state index >= 15 is 0 Å². The van der Waals surface area contributed by atoms with Crippen LogP contribution >= 0.6 is 0 Å². The van der Waals surface area contributed by atoms with Crippen molar-refractivity contribution in [2.75, 3.05) is 17.9 Å². The van der Waals surface area contributed by atoms with Crippen LogP contribution in [0.1, 0.15) is 44.6 Å². The largest absolute Gasteiger partial charge is 0.395 e. The zero-order chi connectivity index (χ0) is 15.5. The van der Waals surface area contributed by atoms with Crippen molar-refractivity contribution in [3.05, 3.63) is 29.8 Å². The molecule has 118 valence electrons. The van der Waals surface area contributed by atoms with Gasteiger partial charge in [-0.25, -0.2) is 0 Å².